The predicted octanol–water partition coefficient (Wildman–Crippen LogP) is 16.8. The van der Waals surface area contributed by atoms with Gasteiger partial charge in [0.15, 0.2) is 23.0 Å². The van der Waals surface area contributed by atoms with Crippen LogP contribution in [0.4, 0.5) is 17.1 Å². The van der Waals surface area contributed by atoms with E-state index in [-0.39, 0.29) is 0 Å². The van der Waals surface area contributed by atoms with E-state index >= 15 is 0 Å². The Morgan fingerprint density at radius 1 is 0.266 bits per heavy atom. The topological polar surface area (TPSA) is 26.6 Å². The predicted molar refractivity (Wildman–Crippen MR) is 264 cm³/mol. The van der Waals surface area contributed by atoms with Crippen molar-refractivity contribution in [1.82, 2.24) is 4.57 Å². The fraction of sp³-hybridized carbons (Fsp3) is 0. The van der Waals surface area contributed by atoms with Crippen molar-refractivity contribution in [1.29, 1.82) is 0 Å². The molecule has 0 amide bonds. The Kier molecular flexibility index (Phi) is 9.12. The first-order chi connectivity index (χ1) is 31.7. The summed E-state index contributed by atoms with van der Waals surface area (Å²) in [5.74, 6) is 2.83. The number of ether oxygens (including phenoxy) is 2. The lowest BCUT2D eigenvalue weighted by Gasteiger charge is -2.26. The van der Waals surface area contributed by atoms with Gasteiger partial charge in [-0.05, 0) is 117 Å². The van der Waals surface area contributed by atoms with Crippen LogP contribution in [0.15, 0.2) is 243 Å². The van der Waals surface area contributed by atoms with Crippen molar-refractivity contribution in [2.75, 3.05) is 4.90 Å². The summed E-state index contributed by atoms with van der Waals surface area (Å²) >= 11 is 0. The van der Waals surface area contributed by atoms with Crippen LogP contribution >= 0.6 is 0 Å². The van der Waals surface area contributed by atoms with Crippen molar-refractivity contribution in [2.45, 2.75) is 0 Å². The maximum Gasteiger partial charge on any atom is 0.172 e. The highest BCUT2D eigenvalue weighted by Crippen LogP contribution is 2.49. The van der Waals surface area contributed by atoms with E-state index in [2.05, 4.69) is 228 Å². The largest absolute Gasteiger partial charge is 0.449 e. The Balaban J connectivity index is 0.948. The van der Waals surface area contributed by atoms with Crippen LogP contribution in [0.1, 0.15) is 0 Å². The number of hydrogen-bond acceptors (Lipinski definition) is 3. The van der Waals surface area contributed by atoms with Crippen molar-refractivity contribution in [3.63, 3.8) is 0 Å². The summed E-state index contributed by atoms with van der Waals surface area (Å²) in [7, 11) is 0. The van der Waals surface area contributed by atoms with Crippen LogP contribution in [0.5, 0.6) is 23.0 Å². The summed E-state index contributed by atoms with van der Waals surface area (Å²) in [6.07, 6.45) is 0. The first kappa shape index (κ1) is 37.2. The van der Waals surface area contributed by atoms with Gasteiger partial charge in [-0.25, -0.2) is 0 Å². The molecule has 10 aromatic carbocycles. The molecule has 0 bridgehead atoms. The van der Waals surface area contributed by atoms with Crippen molar-refractivity contribution in [3.8, 4) is 73.2 Å². The number of hydrogen-bond donors (Lipinski definition) is 0. The van der Waals surface area contributed by atoms with Gasteiger partial charge in [-0.15, -0.1) is 0 Å². The summed E-state index contributed by atoms with van der Waals surface area (Å²) in [6, 6.07) is 85.9. The van der Waals surface area contributed by atoms with E-state index in [9.17, 15) is 0 Å². The second-order valence-corrected chi connectivity index (χ2v) is 16.2. The molecule has 0 unspecified atom stereocenters. The van der Waals surface area contributed by atoms with Gasteiger partial charge < -0.3 is 18.9 Å². The lowest BCUT2D eigenvalue weighted by molar-refractivity contribution is 0.360. The minimum absolute atomic E-state index is 0.695. The zero-order chi connectivity index (χ0) is 42.4. The molecule has 0 radical (unpaired) electrons. The van der Waals surface area contributed by atoms with E-state index in [0.29, 0.717) is 23.0 Å². The van der Waals surface area contributed by atoms with Gasteiger partial charge in [0.25, 0.3) is 0 Å². The van der Waals surface area contributed by atoms with Crippen molar-refractivity contribution < 1.29 is 9.47 Å². The minimum atomic E-state index is 0.695. The second-order valence-electron chi connectivity index (χ2n) is 16.2. The Labute approximate surface area is 372 Å². The normalized spacial score (nSPS) is 11.7. The Bertz CT molecular complexity index is 3350. The summed E-state index contributed by atoms with van der Waals surface area (Å²) in [5.41, 5.74) is 15.8. The molecule has 12 rings (SSSR count). The van der Waals surface area contributed by atoms with E-state index in [0.717, 1.165) is 55.7 Å². The number of aromatic nitrogens is 1. The number of anilines is 3. The van der Waals surface area contributed by atoms with Crippen LogP contribution < -0.4 is 14.4 Å². The molecular formula is C60H40N2O2. The smallest absolute Gasteiger partial charge is 0.172 e. The second kappa shape index (κ2) is 15.7. The first-order valence-electron chi connectivity index (χ1n) is 21.6. The van der Waals surface area contributed by atoms with Gasteiger partial charge in [-0.3, -0.25) is 0 Å². The molecule has 0 saturated heterocycles. The van der Waals surface area contributed by atoms with E-state index < -0.39 is 0 Å². The molecule has 0 fully saturated rings. The Morgan fingerprint density at radius 3 is 1.09 bits per heavy atom. The van der Waals surface area contributed by atoms with Gasteiger partial charge in [0.1, 0.15) is 0 Å². The Hall–Kier alpha value is -8.60. The molecule has 1 aliphatic rings. The first-order valence-corrected chi connectivity index (χ1v) is 21.6. The molecule has 1 aliphatic heterocycles. The number of nitrogens with zero attached hydrogens (tertiary/aromatic N) is 2. The van der Waals surface area contributed by atoms with Gasteiger partial charge in [-0.1, -0.05) is 164 Å². The van der Waals surface area contributed by atoms with Gasteiger partial charge in [-0.2, -0.15) is 0 Å². The third-order valence-corrected chi connectivity index (χ3v) is 12.3. The van der Waals surface area contributed by atoms with Crippen LogP contribution in [0.25, 0.3) is 72.0 Å². The van der Waals surface area contributed by atoms with Crippen LogP contribution in [0.3, 0.4) is 0 Å². The molecule has 64 heavy (non-hydrogen) atoms. The molecule has 11 aromatic rings. The molecule has 0 aliphatic carbocycles. The molecule has 0 atom stereocenters. The van der Waals surface area contributed by atoms with Crippen molar-refractivity contribution in [2.24, 2.45) is 0 Å². The highest BCUT2D eigenvalue weighted by molar-refractivity contribution is 6.11. The van der Waals surface area contributed by atoms with E-state index in [1.807, 2.05) is 24.3 Å². The minimum Gasteiger partial charge on any atom is -0.449 e. The fourth-order valence-electron chi connectivity index (χ4n) is 9.05. The zero-order valence-corrected chi connectivity index (χ0v) is 34.8. The molecular weight excluding hydrogens is 781 g/mol. The van der Waals surface area contributed by atoms with E-state index in [1.165, 1.54) is 33.4 Å². The third kappa shape index (κ3) is 6.75. The van der Waals surface area contributed by atoms with Gasteiger partial charge in [0.05, 0.1) is 11.0 Å². The van der Waals surface area contributed by atoms with Gasteiger partial charge >= 0.3 is 0 Å². The molecule has 2 heterocycles. The molecule has 0 N–H and O–H groups in total. The standard InChI is InChI=1S/C60H40N2O2/c1-4-12-41(13-5-1)44-20-29-49(30-21-44)61(50-31-22-45(23-32-50)42-14-6-2-7-15-42)51-33-26-47(27-34-51)48-28-37-53-54-39-59-60(64-58-19-11-10-18-57(58)63-59)40-56(54)62(55(53)38-48)52-35-24-46(25-36-52)43-16-8-3-9-17-43/h1-40H. The SMILES string of the molecule is c1ccc(-c2ccc(N(c3ccc(-c4ccccc4)cc3)c3ccc(-c4ccc5c6cc7c(cc6n(-c6ccc(-c8ccccc8)cc6)c5c4)Oc4ccccc4O7)cc3)cc2)cc1. The van der Waals surface area contributed by atoms with E-state index in [4.69, 9.17) is 9.47 Å². The highest BCUT2D eigenvalue weighted by Gasteiger charge is 2.23. The Morgan fingerprint density at radius 2 is 0.625 bits per heavy atom. The van der Waals surface area contributed by atoms with Crippen LogP contribution in [0, 0.1) is 0 Å². The quantitative estimate of drug-likeness (QED) is 0.153. The molecule has 0 saturated carbocycles. The molecule has 0 spiro atoms. The number of para-hydroxylation sites is 2. The van der Waals surface area contributed by atoms with Crippen LogP contribution in [0.2, 0.25) is 0 Å². The number of rotatable bonds is 8. The summed E-state index contributed by atoms with van der Waals surface area (Å²) in [4.78, 5) is 2.33. The molecule has 4 nitrogen and oxygen atoms in total. The molecule has 4 heteroatoms. The lowest BCUT2D eigenvalue weighted by Crippen LogP contribution is -2.09. The maximum atomic E-state index is 6.45. The maximum absolute atomic E-state index is 6.45. The monoisotopic (exact) mass is 820 g/mol. The average molecular weight is 821 g/mol. The van der Waals surface area contributed by atoms with Crippen molar-refractivity contribution in [3.05, 3.63) is 243 Å². The van der Waals surface area contributed by atoms with Crippen molar-refractivity contribution >= 4 is 38.9 Å². The van der Waals surface area contributed by atoms with Crippen LogP contribution in [-0.4, -0.2) is 4.57 Å². The lowest BCUT2D eigenvalue weighted by atomic mass is 10.0. The third-order valence-electron chi connectivity index (χ3n) is 12.3. The summed E-state index contributed by atoms with van der Waals surface area (Å²) < 4.78 is 15.2. The summed E-state index contributed by atoms with van der Waals surface area (Å²) in [5, 5.41) is 2.23. The average Bonchev–Trinajstić information content (AvgIpc) is 3.68. The van der Waals surface area contributed by atoms with Gasteiger partial charge in [0.2, 0.25) is 0 Å². The van der Waals surface area contributed by atoms with Crippen LogP contribution in [-0.2, 0) is 0 Å². The van der Waals surface area contributed by atoms with Gasteiger partial charge in [0, 0.05) is 39.6 Å². The summed E-state index contributed by atoms with van der Waals surface area (Å²) in [6.45, 7) is 0. The molecule has 1 aromatic heterocycles. The fourth-order valence-corrected chi connectivity index (χ4v) is 9.05. The highest BCUT2D eigenvalue weighted by atomic mass is 16.6. The zero-order valence-electron chi connectivity index (χ0n) is 34.8. The number of benzene rings is 10. The van der Waals surface area contributed by atoms with E-state index in [1.54, 1.807) is 0 Å². The molecule has 302 valence electrons. The number of fused-ring (bicyclic) bond motifs is 5.